The Morgan fingerprint density at radius 1 is 1.47 bits per heavy atom. The van der Waals surface area contributed by atoms with E-state index >= 15 is 0 Å². The highest BCUT2D eigenvalue weighted by atomic mass is 35.5. The highest BCUT2D eigenvalue weighted by Gasteiger charge is 2.13. The molecule has 0 saturated carbocycles. The van der Waals surface area contributed by atoms with Crippen molar-refractivity contribution in [2.75, 3.05) is 0 Å². The molecule has 1 aromatic heterocycles. The van der Waals surface area contributed by atoms with E-state index in [2.05, 4.69) is 15.6 Å². The van der Waals surface area contributed by atoms with E-state index in [1.54, 1.807) is 12.4 Å². The minimum absolute atomic E-state index is 0.00909. The topological polar surface area (TPSA) is 54.0 Å². The number of hydrogen-bond acceptors (Lipinski definition) is 3. The molecule has 1 aromatic rings. The predicted octanol–water partition coefficient (Wildman–Crippen LogP) is 1.74. The first-order valence-corrected chi connectivity index (χ1v) is 6.00. The molecule has 94 valence electrons. The van der Waals surface area contributed by atoms with Gasteiger partial charge in [-0.15, -0.1) is 0 Å². The van der Waals surface area contributed by atoms with Crippen LogP contribution in [0.5, 0.6) is 0 Å². The second-order valence-corrected chi connectivity index (χ2v) is 4.64. The van der Waals surface area contributed by atoms with E-state index in [4.69, 9.17) is 11.6 Å². The second kappa shape index (κ2) is 6.57. The lowest BCUT2D eigenvalue weighted by atomic mass is 10.2. The summed E-state index contributed by atoms with van der Waals surface area (Å²) in [6.45, 7) is 6.25. The Morgan fingerprint density at radius 3 is 2.76 bits per heavy atom. The van der Waals surface area contributed by atoms with Crippen molar-refractivity contribution in [2.45, 2.75) is 39.4 Å². The Kier molecular flexibility index (Phi) is 5.38. The van der Waals surface area contributed by atoms with E-state index in [1.807, 2.05) is 26.8 Å². The molecule has 5 heteroatoms. The molecule has 0 saturated heterocycles. The lowest BCUT2D eigenvalue weighted by Crippen LogP contribution is -2.44. The minimum Gasteiger partial charge on any atom is -0.353 e. The number of carbonyl (C=O) groups is 1. The molecule has 0 aliphatic carbocycles. The molecule has 0 spiro atoms. The highest BCUT2D eigenvalue weighted by Crippen LogP contribution is 2.12. The molecule has 0 aliphatic heterocycles. The van der Waals surface area contributed by atoms with Crippen molar-refractivity contribution in [3.63, 3.8) is 0 Å². The first-order valence-electron chi connectivity index (χ1n) is 5.63. The molecule has 2 N–H and O–H groups in total. The van der Waals surface area contributed by atoms with Crippen LogP contribution in [0, 0.1) is 0 Å². The predicted molar refractivity (Wildman–Crippen MR) is 68.8 cm³/mol. The molecule has 0 radical (unpaired) electrons. The number of halogens is 1. The summed E-state index contributed by atoms with van der Waals surface area (Å²) in [5.41, 5.74) is 0.936. The smallest absolute Gasteiger partial charge is 0.237 e. The molecule has 1 rings (SSSR count). The fourth-order valence-electron chi connectivity index (χ4n) is 1.31. The lowest BCUT2D eigenvalue weighted by molar-refractivity contribution is -0.123. The molecule has 1 heterocycles. The monoisotopic (exact) mass is 255 g/mol. The van der Waals surface area contributed by atoms with Crippen molar-refractivity contribution < 1.29 is 4.79 Å². The van der Waals surface area contributed by atoms with Gasteiger partial charge in [-0.25, -0.2) is 0 Å². The molecule has 1 atom stereocenters. The lowest BCUT2D eigenvalue weighted by Gasteiger charge is -2.16. The molecule has 1 amide bonds. The zero-order valence-corrected chi connectivity index (χ0v) is 11.1. The van der Waals surface area contributed by atoms with Crippen molar-refractivity contribution in [1.29, 1.82) is 0 Å². The van der Waals surface area contributed by atoms with Gasteiger partial charge in [0.2, 0.25) is 5.91 Å². The Labute approximate surface area is 107 Å². The maximum atomic E-state index is 11.6. The van der Waals surface area contributed by atoms with E-state index in [0.717, 1.165) is 5.56 Å². The van der Waals surface area contributed by atoms with Gasteiger partial charge in [0.25, 0.3) is 0 Å². The number of nitrogens with zero attached hydrogens (tertiary/aromatic N) is 1. The van der Waals surface area contributed by atoms with E-state index < -0.39 is 0 Å². The fraction of sp³-hybridized carbons (Fsp3) is 0.500. The number of hydrogen-bond donors (Lipinski definition) is 2. The third-order valence-electron chi connectivity index (χ3n) is 2.28. The molecule has 4 nitrogen and oxygen atoms in total. The van der Waals surface area contributed by atoms with E-state index in [-0.39, 0.29) is 18.0 Å². The van der Waals surface area contributed by atoms with Crippen LogP contribution in [0.1, 0.15) is 26.3 Å². The van der Waals surface area contributed by atoms with Crippen LogP contribution in [-0.2, 0) is 11.3 Å². The zero-order valence-electron chi connectivity index (χ0n) is 10.3. The third kappa shape index (κ3) is 4.71. The number of pyridine rings is 1. The van der Waals surface area contributed by atoms with Crippen LogP contribution in [0.15, 0.2) is 18.5 Å². The Hall–Kier alpha value is -1.13. The Morgan fingerprint density at radius 2 is 2.18 bits per heavy atom. The van der Waals surface area contributed by atoms with E-state index in [9.17, 15) is 4.79 Å². The molecule has 0 fully saturated rings. The van der Waals surface area contributed by atoms with Crippen molar-refractivity contribution in [3.05, 3.63) is 29.0 Å². The average molecular weight is 256 g/mol. The van der Waals surface area contributed by atoms with Crippen LogP contribution >= 0.6 is 11.6 Å². The van der Waals surface area contributed by atoms with Gasteiger partial charge in [0.1, 0.15) is 0 Å². The molecular formula is C12H18ClN3O. The maximum absolute atomic E-state index is 11.6. The molecule has 1 unspecified atom stereocenters. The largest absolute Gasteiger partial charge is 0.353 e. The summed E-state index contributed by atoms with van der Waals surface area (Å²) in [5, 5.41) is 6.58. The van der Waals surface area contributed by atoms with Gasteiger partial charge in [-0.3, -0.25) is 9.78 Å². The van der Waals surface area contributed by atoms with Gasteiger partial charge < -0.3 is 10.6 Å². The first kappa shape index (κ1) is 13.9. The van der Waals surface area contributed by atoms with Crippen molar-refractivity contribution in [3.8, 4) is 0 Å². The molecule has 0 bridgehead atoms. The molecule has 0 aliphatic rings. The van der Waals surface area contributed by atoms with Crippen molar-refractivity contribution >= 4 is 17.5 Å². The SMILES string of the molecule is CC(C)NC(=O)C(C)NCc1ccncc1Cl. The van der Waals surface area contributed by atoms with Crippen LogP contribution in [0.3, 0.4) is 0 Å². The summed E-state index contributed by atoms with van der Waals surface area (Å²) in [7, 11) is 0. The summed E-state index contributed by atoms with van der Waals surface area (Å²) in [5.74, 6) is -0.00909. The quantitative estimate of drug-likeness (QED) is 0.843. The number of amides is 1. The van der Waals surface area contributed by atoms with Gasteiger partial charge in [-0.2, -0.15) is 0 Å². The number of rotatable bonds is 5. The summed E-state index contributed by atoms with van der Waals surface area (Å²) in [6.07, 6.45) is 3.28. The average Bonchev–Trinajstić information content (AvgIpc) is 2.26. The van der Waals surface area contributed by atoms with Crippen molar-refractivity contribution in [1.82, 2.24) is 15.6 Å². The van der Waals surface area contributed by atoms with Crippen LogP contribution in [-0.4, -0.2) is 23.0 Å². The number of carbonyl (C=O) groups excluding carboxylic acids is 1. The summed E-state index contributed by atoms with van der Waals surface area (Å²) in [4.78, 5) is 15.5. The van der Waals surface area contributed by atoms with Crippen LogP contribution in [0.2, 0.25) is 5.02 Å². The van der Waals surface area contributed by atoms with Crippen LogP contribution in [0.4, 0.5) is 0 Å². The fourth-order valence-corrected chi connectivity index (χ4v) is 1.50. The first-order chi connectivity index (χ1) is 8.00. The number of nitrogens with one attached hydrogen (secondary N) is 2. The normalized spacial score (nSPS) is 12.5. The maximum Gasteiger partial charge on any atom is 0.237 e. The van der Waals surface area contributed by atoms with Crippen LogP contribution < -0.4 is 10.6 Å². The van der Waals surface area contributed by atoms with Crippen molar-refractivity contribution in [2.24, 2.45) is 0 Å². The Bertz CT molecular complexity index is 382. The molecule has 0 aromatic carbocycles. The van der Waals surface area contributed by atoms with Gasteiger partial charge in [0, 0.05) is 25.0 Å². The van der Waals surface area contributed by atoms with E-state index in [0.29, 0.717) is 11.6 Å². The third-order valence-corrected chi connectivity index (χ3v) is 2.62. The van der Waals surface area contributed by atoms with Gasteiger partial charge in [0.15, 0.2) is 0 Å². The summed E-state index contributed by atoms with van der Waals surface area (Å²) >= 11 is 5.97. The van der Waals surface area contributed by atoms with Gasteiger partial charge in [-0.1, -0.05) is 11.6 Å². The summed E-state index contributed by atoms with van der Waals surface area (Å²) < 4.78 is 0. The highest BCUT2D eigenvalue weighted by molar-refractivity contribution is 6.31. The van der Waals surface area contributed by atoms with Crippen LogP contribution in [0.25, 0.3) is 0 Å². The van der Waals surface area contributed by atoms with Gasteiger partial charge in [0.05, 0.1) is 11.1 Å². The standard InChI is InChI=1S/C12H18ClN3O/c1-8(2)16-12(17)9(3)15-6-10-4-5-14-7-11(10)13/h4-5,7-9,15H,6H2,1-3H3,(H,16,17). The minimum atomic E-state index is -0.248. The Balaban J connectivity index is 2.46. The molecule has 17 heavy (non-hydrogen) atoms. The zero-order chi connectivity index (χ0) is 12.8. The van der Waals surface area contributed by atoms with Gasteiger partial charge >= 0.3 is 0 Å². The van der Waals surface area contributed by atoms with E-state index in [1.165, 1.54) is 0 Å². The number of aromatic nitrogens is 1. The summed E-state index contributed by atoms with van der Waals surface area (Å²) in [6, 6.07) is 1.74. The van der Waals surface area contributed by atoms with Gasteiger partial charge in [-0.05, 0) is 32.4 Å². The molecular weight excluding hydrogens is 238 g/mol. The second-order valence-electron chi connectivity index (χ2n) is 4.23.